The second-order valence-corrected chi connectivity index (χ2v) is 6.24. The van der Waals surface area contributed by atoms with Crippen LogP contribution in [0, 0.1) is 5.92 Å². The van der Waals surface area contributed by atoms with E-state index in [1.54, 1.807) is 0 Å². The Bertz CT molecular complexity index is 369. The van der Waals surface area contributed by atoms with Crippen molar-refractivity contribution in [2.45, 2.75) is 38.1 Å². The van der Waals surface area contributed by atoms with E-state index in [9.17, 15) is 4.79 Å². The Hall–Kier alpha value is -0.540. The number of nitrogens with one attached hydrogen (secondary N) is 1. The molecule has 1 fully saturated rings. The Morgan fingerprint density at radius 3 is 2.82 bits per heavy atom. The van der Waals surface area contributed by atoms with E-state index in [-0.39, 0.29) is 11.4 Å². The van der Waals surface area contributed by atoms with Gasteiger partial charge in [0, 0.05) is 5.88 Å². The fraction of sp³-hybridized carbons (Fsp3) is 0.615. The highest BCUT2D eigenvalue weighted by molar-refractivity contribution is 7.12. The van der Waals surface area contributed by atoms with Crippen LogP contribution in [0.3, 0.4) is 0 Å². The average Bonchev–Trinajstić information content (AvgIpc) is 2.86. The molecular formula is C13H18ClNOS. The highest BCUT2D eigenvalue weighted by atomic mass is 35.5. The lowest BCUT2D eigenvalue weighted by Crippen LogP contribution is -2.52. The van der Waals surface area contributed by atoms with E-state index in [0.717, 1.165) is 36.5 Å². The van der Waals surface area contributed by atoms with Gasteiger partial charge in [-0.05, 0) is 43.0 Å². The van der Waals surface area contributed by atoms with Crippen LogP contribution in [0.5, 0.6) is 0 Å². The van der Waals surface area contributed by atoms with E-state index in [2.05, 4.69) is 12.2 Å². The van der Waals surface area contributed by atoms with E-state index in [4.69, 9.17) is 11.6 Å². The van der Waals surface area contributed by atoms with Gasteiger partial charge >= 0.3 is 0 Å². The van der Waals surface area contributed by atoms with Crippen molar-refractivity contribution in [1.82, 2.24) is 5.32 Å². The van der Waals surface area contributed by atoms with Gasteiger partial charge in [-0.1, -0.05) is 13.0 Å². The third-order valence-corrected chi connectivity index (χ3v) is 4.99. The monoisotopic (exact) mass is 271 g/mol. The molecule has 17 heavy (non-hydrogen) atoms. The number of carbonyl (C=O) groups excluding carboxylic acids is 1. The minimum absolute atomic E-state index is 0.0233. The van der Waals surface area contributed by atoms with Gasteiger partial charge in [-0.15, -0.1) is 22.9 Å². The van der Waals surface area contributed by atoms with Gasteiger partial charge in [0.2, 0.25) is 0 Å². The number of alkyl halides is 1. The van der Waals surface area contributed by atoms with Crippen molar-refractivity contribution in [1.29, 1.82) is 0 Å². The van der Waals surface area contributed by atoms with Gasteiger partial charge in [-0.3, -0.25) is 4.79 Å². The Morgan fingerprint density at radius 2 is 2.29 bits per heavy atom. The summed E-state index contributed by atoms with van der Waals surface area (Å²) in [7, 11) is 0. The zero-order valence-corrected chi connectivity index (χ0v) is 11.6. The summed E-state index contributed by atoms with van der Waals surface area (Å²) >= 11 is 7.55. The maximum absolute atomic E-state index is 12.1. The number of thiophene rings is 1. The molecule has 1 amide bonds. The molecular weight excluding hydrogens is 254 g/mol. The first kappa shape index (κ1) is 12.9. The van der Waals surface area contributed by atoms with Crippen molar-refractivity contribution < 1.29 is 4.79 Å². The number of hydrogen-bond donors (Lipinski definition) is 1. The predicted molar refractivity (Wildman–Crippen MR) is 72.9 cm³/mol. The summed E-state index contributed by atoms with van der Waals surface area (Å²) in [4.78, 5) is 12.8. The maximum atomic E-state index is 12.1. The molecule has 0 saturated heterocycles. The van der Waals surface area contributed by atoms with Crippen LogP contribution in [0.2, 0.25) is 0 Å². The normalized spacial score (nSPS) is 28.9. The Morgan fingerprint density at radius 1 is 1.59 bits per heavy atom. The van der Waals surface area contributed by atoms with Crippen molar-refractivity contribution in [3.8, 4) is 0 Å². The van der Waals surface area contributed by atoms with Crippen molar-refractivity contribution in [2.75, 3.05) is 5.88 Å². The van der Waals surface area contributed by atoms with Crippen LogP contribution in [0.4, 0.5) is 0 Å². The first-order valence-corrected chi connectivity index (χ1v) is 7.49. The van der Waals surface area contributed by atoms with Crippen molar-refractivity contribution >= 4 is 28.8 Å². The highest BCUT2D eigenvalue weighted by Crippen LogP contribution is 2.33. The van der Waals surface area contributed by atoms with E-state index in [1.807, 2.05) is 17.5 Å². The molecule has 1 N–H and O–H groups in total. The average molecular weight is 272 g/mol. The molecule has 1 aromatic rings. The second-order valence-electron chi connectivity index (χ2n) is 5.03. The number of halogens is 1. The lowest BCUT2D eigenvalue weighted by molar-refractivity contribution is 0.0876. The molecule has 94 valence electrons. The topological polar surface area (TPSA) is 29.1 Å². The Kier molecular flexibility index (Phi) is 4.10. The van der Waals surface area contributed by atoms with Crippen molar-refractivity contribution in [3.63, 3.8) is 0 Å². The molecule has 0 spiro atoms. The van der Waals surface area contributed by atoms with Gasteiger partial charge in [-0.2, -0.15) is 0 Å². The van der Waals surface area contributed by atoms with Gasteiger partial charge in [-0.25, -0.2) is 0 Å². The van der Waals surface area contributed by atoms with Gasteiger partial charge in [0.05, 0.1) is 10.4 Å². The minimum atomic E-state index is -0.185. The van der Waals surface area contributed by atoms with Crippen LogP contribution < -0.4 is 5.32 Å². The molecule has 2 rings (SSSR count). The van der Waals surface area contributed by atoms with Crippen LogP contribution >= 0.6 is 22.9 Å². The zero-order valence-electron chi connectivity index (χ0n) is 10.0. The van der Waals surface area contributed by atoms with Gasteiger partial charge in [0.1, 0.15) is 0 Å². The Balaban J connectivity index is 2.02. The molecule has 1 saturated carbocycles. The first-order valence-electron chi connectivity index (χ1n) is 6.07. The number of hydrogen-bond acceptors (Lipinski definition) is 2. The number of carbonyl (C=O) groups is 1. The fourth-order valence-electron chi connectivity index (χ4n) is 2.32. The largest absolute Gasteiger partial charge is 0.345 e. The first-order chi connectivity index (χ1) is 8.15. The van der Waals surface area contributed by atoms with Gasteiger partial charge in [0.15, 0.2) is 0 Å². The third-order valence-electron chi connectivity index (χ3n) is 3.61. The van der Waals surface area contributed by atoms with Crippen LogP contribution in [-0.2, 0) is 0 Å². The zero-order chi connectivity index (χ0) is 12.3. The van der Waals surface area contributed by atoms with Gasteiger partial charge in [0.25, 0.3) is 5.91 Å². The molecule has 1 aromatic heterocycles. The number of amides is 1. The summed E-state index contributed by atoms with van der Waals surface area (Å²) in [5.41, 5.74) is -0.185. The smallest absolute Gasteiger partial charge is 0.261 e. The van der Waals surface area contributed by atoms with Crippen LogP contribution in [0.1, 0.15) is 42.3 Å². The van der Waals surface area contributed by atoms with Crippen LogP contribution in [-0.4, -0.2) is 17.3 Å². The molecule has 1 aliphatic carbocycles. The molecule has 2 nitrogen and oxygen atoms in total. The van der Waals surface area contributed by atoms with E-state index < -0.39 is 0 Å². The lowest BCUT2D eigenvalue weighted by Gasteiger charge is -2.38. The summed E-state index contributed by atoms with van der Waals surface area (Å²) in [6.45, 7) is 2.26. The summed E-state index contributed by atoms with van der Waals surface area (Å²) < 4.78 is 0. The second kappa shape index (κ2) is 5.40. The summed E-state index contributed by atoms with van der Waals surface area (Å²) in [5.74, 6) is 1.29. The SMILES string of the molecule is CC1CCC(CCl)(NC(=O)c2cccs2)CC1. The maximum Gasteiger partial charge on any atom is 0.261 e. The quantitative estimate of drug-likeness (QED) is 0.835. The van der Waals surface area contributed by atoms with Crippen LogP contribution in [0.15, 0.2) is 17.5 Å². The summed E-state index contributed by atoms with van der Waals surface area (Å²) in [5, 5.41) is 5.07. The molecule has 0 aliphatic heterocycles. The molecule has 4 heteroatoms. The highest BCUT2D eigenvalue weighted by Gasteiger charge is 2.35. The Labute approximate surface area is 111 Å². The molecule has 0 unspecified atom stereocenters. The van der Waals surface area contributed by atoms with Gasteiger partial charge < -0.3 is 5.32 Å². The third kappa shape index (κ3) is 3.02. The molecule has 0 aromatic carbocycles. The standard InChI is InChI=1S/C13H18ClNOS/c1-10-4-6-13(9-14,7-5-10)15-12(16)11-3-2-8-17-11/h2-3,8,10H,4-7,9H2,1H3,(H,15,16). The molecule has 1 heterocycles. The molecule has 0 radical (unpaired) electrons. The van der Waals surface area contributed by atoms with Crippen LogP contribution in [0.25, 0.3) is 0 Å². The summed E-state index contributed by atoms with van der Waals surface area (Å²) in [6, 6.07) is 3.75. The summed E-state index contributed by atoms with van der Waals surface area (Å²) in [6.07, 6.45) is 4.29. The van der Waals surface area contributed by atoms with E-state index in [1.165, 1.54) is 11.3 Å². The van der Waals surface area contributed by atoms with E-state index in [0.29, 0.717) is 5.88 Å². The van der Waals surface area contributed by atoms with Crippen molar-refractivity contribution in [2.24, 2.45) is 5.92 Å². The molecule has 1 aliphatic rings. The fourth-order valence-corrected chi connectivity index (χ4v) is 3.27. The molecule has 0 atom stereocenters. The number of rotatable bonds is 3. The van der Waals surface area contributed by atoms with E-state index >= 15 is 0 Å². The molecule has 0 bridgehead atoms. The minimum Gasteiger partial charge on any atom is -0.345 e. The predicted octanol–water partition coefficient (Wildman–Crippen LogP) is 3.67. The lowest BCUT2D eigenvalue weighted by atomic mass is 9.78. The van der Waals surface area contributed by atoms with Crippen molar-refractivity contribution in [3.05, 3.63) is 22.4 Å².